The number of nitrogens with zero attached hydrogens (tertiary/aromatic N) is 1. The first-order valence-corrected chi connectivity index (χ1v) is 8.24. The fraction of sp³-hybridized carbons (Fsp3) is 0.125. The summed E-state index contributed by atoms with van der Waals surface area (Å²) in [5.74, 6) is -0.784. The quantitative estimate of drug-likeness (QED) is 0.738. The van der Waals surface area contributed by atoms with Crippen LogP contribution < -0.4 is 0 Å². The molecule has 1 N–H and O–H groups in total. The monoisotopic (exact) mass is 315 g/mol. The average molecular weight is 315 g/mol. The molecule has 0 radical (unpaired) electrons. The largest absolute Gasteiger partial charge is 0.481 e. The maximum absolute atomic E-state index is 10.9. The van der Waals surface area contributed by atoms with Crippen LogP contribution in [0.4, 0.5) is 0 Å². The highest BCUT2D eigenvalue weighted by molar-refractivity contribution is 7.19. The predicted molar refractivity (Wildman–Crippen MR) is 88.7 cm³/mol. The number of para-hydroxylation sites is 1. The third-order valence-corrected chi connectivity index (χ3v) is 4.97. The molecule has 0 amide bonds. The Bertz CT molecular complexity index is 755. The van der Waals surface area contributed by atoms with E-state index in [1.54, 1.807) is 22.7 Å². The van der Waals surface area contributed by atoms with Gasteiger partial charge < -0.3 is 5.11 Å². The van der Waals surface area contributed by atoms with E-state index in [4.69, 9.17) is 5.11 Å². The van der Waals surface area contributed by atoms with Crippen molar-refractivity contribution < 1.29 is 9.90 Å². The van der Waals surface area contributed by atoms with Crippen LogP contribution >= 0.6 is 22.7 Å². The van der Waals surface area contributed by atoms with Crippen molar-refractivity contribution in [1.82, 2.24) is 4.98 Å². The van der Waals surface area contributed by atoms with Crippen LogP contribution in [0, 0.1) is 0 Å². The lowest BCUT2D eigenvalue weighted by atomic mass is 10.1. The SMILES string of the molecule is O=C(O)CC/C(=C/c1cccs1)c1nc2ccccc2s1. The number of aromatic nitrogens is 1. The first kappa shape index (κ1) is 14.0. The minimum atomic E-state index is -0.784. The molecule has 2 heterocycles. The minimum Gasteiger partial charge on any atom is -0.481 e. The number of carboxylic acids is 1. The number of carbonyl (C=O) groups is 1. The Kier molecular flexibility index (Phi) is 4.13. The third-order valence-electron chi connectivity index (χ3n) is 3.04. The molecule has 21 heavy (non-hydrogen) atoms. The van der Waals surface area contributed by atoms with Gasteiger partial charge in [0.15, 0.2) is 0 Å². The normalized spacial score (nSPS) is 11.9. The maximum atomic E-state index is 10.9. The molecule has 0 aliphatic rings. The fourth-order valence-electron chi connectivity index (χ4n) is 2.04. The standard InChI is InChI=1S/C16H13NO2S2/c18-15(19)8-7-11(10-12-4-3-9-20-12)16-17-13-5-1-2-6-14(13)21-16/h1-6,9-10H,7-8H2,(H,18,19)/b11-10-. The Hall–Kier alpha value is -1.98. The van der Waals surface area contributed by atoms with Crippen molar-refractivity contribution in [3.63, 3.8) is 0 Å². The molecule has 0 saturated carbocycles. The number of hydrogen-bond acceptors (Lipinski definition) is 4. The second-order valence-electron chi connectivity index (χ2n) is 4.57. The maximum Gasteiger partial charge on any atom is 0.303 e. The molecule has 0 aliphatic heterocycles. The van der Waals surface area contributed by atoms with Crippen LogP contribution in [0.2, 0.25) is 0 Å². The van der Waals surface area contributed by atoms with Gasteiger partial charge in [-0.15, -0.1) is 22.7 Å². The molecule has 1 aromatic carbocycles. The summed E-state index contributed by atoms with van der Waals surface area (Å²) < 4.78 is 1.12. The predicted octanol–water partition coefficient (Wildman–Crippen LogP) is 4.76. The molecule has 3 aromatic rings. The van der Waals surface area contributed by atoms with Crippen molar-refractivity contribution in [2.24, 2.45) is 0 Å². The highest BCUT2D eigenvalue weighted by atomic mass is 32.1. The number of rotatable bonds is 5. The van der Waals surface area contributed by atoms with Gasteiger partial charge in [0, 0.05) is 11.3 Å². The summed E-state index contributed by atoms with van der Waals surface area (Å²) in [4.78, 5) is 16.6. The van der Waals surface area contributed by atoms with Crippen LogP contribution in [0.5, 0.6) is 0 Å². The lowest BCUT2D eigenvalue weighted by Gasteiger charge is -2.01. The number of hydrogen-bond donors (Lipinski definition) is 1. The topological polar surface area (TPSA) is 50.2 Å². The first-order chi connectivity index (χ1) is 10.2. The Morgan fingerprint density at radius 1 is 1.19 bits per heavy atom. The van der Waals surface area contributed by atoms with E-state index in [-0.39, 0.29) is 6.42 Å². The highest BCUT2D eigenvalue weighted by Gasteiger charge is 2.11. The first-order valence-electron chi connectivity index (χ1n) is 6.54. The molecule has 3 nitrogen and oxygen atoms in total. The zero-order valence-corrected chi connectivity index (χ0v) is 12.8. The highest BCUT2D eigenvalue weighted by Crippen LogP contribution is 2.31. The Labute approximate surface area is 130 Å². The van der Waals surface area contributed by atoms with E-state index in [0.717, 1.165) is 25.7 Å². The number of thiophene rings is 1. The second kappa shape index (κ2) is 6.20. The summed E-state index contributed by atoms with van der Waals surface area (Å²) in [5.41, 5.74) is 1.95. The molecule has 0 bridgehead atoms. The number of carboxylic acid groups (broad SMARTS) is 1. The Morgan fingerprint density at radius 2 is 2.05 bits per heavy atom. The van der Waals surface area contributed by atoms with Crippen molar-refractivity contribution in [1.29, 1.82) is 0 Å². The summed E-state index contributed by atoms with van der Waals surface area (Å²) in [5, 5.41) is 11.9. The number of benzene rings is 1. The van der Waals surface area contributed by atoms with E-state index in [1.807, 2.05) is 47.9 Å². The molecule has 0 aliphatic carbocycles. The van der Waals surface area contributed by atoms with E-state index in [1.165, 1.54) is 0 Å². The van der Waals surface area contributed by atoms with Gasteiger partial charge in [0.2, 0.25) is 0 Å². The summed E-state index contributed by atoms with van der Waals surface area (Å²) in [6.45, 7) is 0. The van der Waals surface area contributed by atoms with E-state index in [9.17, 15) is 4.79 Å². The van der Waals surface area contributed by atoms with Gasteiger partial charge in [-0.3, -0.25) is 4.79 Å². The van der Waals surface area contributed by atoms with Crippen molar-refractivity contribution >= 4 is 50.5 Å². The van der Waals surface area contributed by atoms with Gasteiger partial charge in [0.25, 0.3) is 0 Å². The number of thiazole rings is 1. The van der Waals surface area contributed by atoms with Gasteiger partial charge in [-0.05, 0) is 41.6 Å². The van der Waals surface area contributed by atoms with Crippen LogP contribution in [0.1, 0.15) is 22.7 Å². The molecule has 0 spiro atoms. The molecular formula is C16H13NO2S2. The fourth-order valence-corrected chi connectivity index (χ4v) is 3.73. The Morgan fingerprint density at radius 3 is 2.76 bits per heavy atom. The van der Waals surface area contributed by atoms with E-state index in [2.05, 4.69) is 4.98 Å². The van der Waals surface area contributed by atoms with Crippen LogP contribution in [-0.4, -0.2) is 16.1 Å². The molecule has 0 unspecified atom stereocenters. The Balaban J connectivity index is 1.99. The summed E-state index contributed by atoms with van der Waals surface area (Å²) in [6.07, 6.45) is 2.66. The van der Waals surface area contributed by atoms with E-state index >= 15 is 0 Å². The number of aliphatic carboxylic acids is 1. The van der Waals surface area contributed by atoms with Crippen LogP contribution in [0.25, 0.3) is 21.9 Å². The second-order valence-corrected chi connectivity index (χ2v) is 6.58. The molecule has 0 atom stereocenters. The smallest absolute Gasteiger partial charge is 0.303 e. The van der Waals surface area contributed by atoms with E-state index in [0.29, 0.717) is 6.42 Å². The molecule has 5 heteroatoms. The van der Waals surface area contributed by atoms with Gasteiger partial charge in [0.05, 0.1) is 10.2 Å². The van der Waals surface area contributed by atoms with Crippen molar-refractivity contribution in [2.45, 2.75) is 12.8 Å². The van der Waals surface area contributed by atoms with Crippen molar-refractivity contribution in [2.75, 3.05) is 0 Å². The lowest BCUT2D eigenvalue weighted by Crippen LogP contribution is -1.95. The summed E-state index contributed by atoms with van der Waals surface area (Å²) in [6, 6.07) is 12.0. The summed E-state index contributed by atoms with van der Waals surface area (Å²) in [7, 11) is 0. The number of fused-ring (bicyclic) bond motifs is 1. The zero-order chi connectivity index (χ0) is 14.7. The lowest BCUT2D eigenvalue weighted by molar-refractivity contribution is -0.136. The van der Waals surface area contributed by atoms with Gasteiger partial charge >= 0.3 is 5.97 Å². The zero-order valence-electron chi connectivity index (χ0n) is 11.2. The third kappa shape index (κ3) is 3.37. The molecule has 106 valence electrons. The van der Waals surface area contributed by atoms with E-state index < -0.39 is 5.97 Å². The minimum absolute atomic E-state index is 0.118. The number of allylic oxidation sites excluding steroid dienone is 1. The summed E-state index contributed by atoms with van der Waals surface area (Å²) >= 11 is 3.25. The molecule has 0 saturated heterocycles. The van der Waals surface area contributed by atoms with Gasteiger partial charge in [-0.2, -0.15) is 0 Å². The van der Waals surface area contributed by atoms with Crippen molar-refractivity contribution in [3.05, 3.63) is 51.7 Å². The van der Waals surface area contributed by atoms with Gasteiger partial charge in [0.1, 0.15) is 5.01 Å². The molecule has 0 fully saturated rings. The van der Waals surface area contributed by atoms with Crippen molar-refractivity contribution in [3.8, 4) is 0 Å². The van der Waals surface area contributed by atoms with Gasteiger partial charge in [-0.1, -0.05) is 18.2 Å². The molecule has 2 aromatic heterocycles. The molecule has 3 rings (SSSR count). The average Bonchev–Trinajstić information content (AvgIpc) is 3.11. The van der Waals surface area contributed by atoms with Crippen LogP contribution in [0.15, 0.2) is 41.8 Å². The molecular weight excluding hydrogens is 302 g/mol. The van der Waals surface area contributed by atoms with Gasteiger partial charge in [-0.25, -0.2) is 4.98 Å². The van der Waals surface area contributed by atoms with Crippen LogP contribution in [-0.2, 0) is 4.79 Å². The van der Waals surface area contributed by atoms with Crippen LogP contribution in [0.3, 0.4) is 0 Å².